The number of thioether (sulfide) groups is 1. The van der Waals surface area contributed by atoms with Gasteiger partial charge in [-0.2, -0.15) is 11.8 Å². The van der Waals surface area contributed by atoms with Gasteiger partial charge in [0.1, 0.15) is 0 Å². The van der Waals surface area contributed by atoms with Crippen molar-refractivity contribution in [1.29, 1.82) is 0 Å². The van der Waals surface area contributed by atoms with Crippen LogP contribution in [0.3, 0.4) is 0 Å². The third-order valence-corrected chi connectivity index (χ3v) is 4.15. The number of rotatable bonds is 5. The molecule has 3 heteroatoms. The zero-order valence-corrected chi connectivity index (χ0v) is 11.5. The van der Waals surface area contributed by atoms with Crippen molar-refractivity contribution >= 4 is 11.8 Å². The van der Waals surface area contributed by atoms with Crippen LogP contribution >= 0.6 is 11.8 Å². The Morgan fingerprint density at radius 2 is 2.12 bits per heavy atom. The van der Waals surface area contributed by atoms with Crippen molar-refractivity contribution in [3.05, 3.63) is 35.4 Å². The van der Waals surface area contributed by atoms with Gasteiger partial charge in [-0.1, -0.05) is 24.3 Å². The molecule has 3 atom stereocenters. The third-order valence-electron chi connectivity index (χ3n) is 3.50. The second-order valence-corrected chi connectivity index (χ2v) is 5.86. The van der Waals surface area contributed by atoms with Crippen LogP contribution in [-0.2, 0) is 0 Å². The third kappa shape index (κ3) is 3.03. The van der Waals surface area contributed by atoms with E-state index >= 15 is 0 Å². The van der Waals surface area contributed by atoms with Gasteiger partial charge < -0.3 is 11.1 Å². The summed E-state index contributed by atoms with van der Waals surface area (Å²) in [5, 5.41) is 3.71. The quantitative estimate of drug-likeness (QED) is 0.844. The van der Waals surface area contributed by atoms with E-state index in [1.165, 1.54) is 23.3 Å². The average Bonchev–Trinajstić information content (AvgIpc) is 2.65. The number of hydrogen-bond acceptors (Lipinski definition) is 3. The van der Waals surface area contributed by atoms with Gasteiger partial charge in [0.05, 0.1) is 0 Å². The first kappa shape index (κ1) is 12.9. The number of benzene rings is 1. The van der Waals surface area contributed by atoms with Gasteiger partial charge >= 0.3 is 0 Å². The molecule has 0 heterocycles. The molecule has 3 unspecified atom stereocenters. The molecule has 0 bridgehead atoms. The number of hydrogen-bond donors (Lipinski definition) is 2. The predicted molar refractivity (Wildman–Crippen MR) is 76.3 cm³/mol. The van der Waals surface area contributed by atoms with Crippen LogP contribution in [0.5, 0.6) is 0 Å². The lowest BCUT2D eigenvalue weighted by Crippen LogP contribution is -2.30. The average molecular weight is 250 g/mol. The van der Waals surface area contributed by atoms with E-state index in [1.54, 1.807) is 0 Å². The highest BCUT2D eigenvalue weighted by molar-refractivity contribution is 7.98. The predicted octanol–water partition coefficient (Wildman–Crippen LogP) is 2.86. The molecule has 1 aromatic carbocycles. The van der Waals surface area contributed by atoms with Crippen LogP contribution in [0.25, 0.3) is 0 Å². The van der Waals surface area contributed by atoms with Crippen molar-refractivity contribution in [1.82, 2.24) is 5.32 Å². The van der Waals surface area contributed by atoms with Crippen LogP contribution in [0.2, 0.25) is 0 Å². The first-order chi connectivity index (χ1) is 8.22. The van der Waals surface area contributed by atoms with Crippen molar-refractivity contribution < 1.29 is 0 Å². The van der Waals surface area contributed by atoms with Crippen LogP contribution < -0.4 is 11.1 Å². The van der Waals surface area contributed by atoms with E-state index in [4.69, 9.17) is 5.73 Å². The standard InChI is InChI=1S/C14H22N2S/c1-10(7-8-17-2)16-14-9-13(15)11-5-3-4-6-12(11)14/h3-6,10,13-14,16H,7-9,15H2,1-2H3. The summed E-state index contributed by atoms with van der Waals surface area (Å²) in [5.74, 6) is 1.22. The van der Waals surface area contributed by atoms with Crippen molar-refractivity contribution in [3.8, 4) is 0 Å². The maximum atomic E-state index is 6.17. The van der Waals surface area contributed by atoms with Crippen LogP contribution in [-0.4, -0.2) is 18.1 Å². The SMILES string of the molecule is CSCCC(C)NC1CC(N)c2ccccc21. The molecule has 0 aliphatic heterocycles. The zero-order valence-electron chi connectivity index (χ0n) is 10.6. The van der Waals surface area contributed by atoms with E-state index in [0.29, 0.717) is 12.1 Å². The van der Waals surface area contributed by atoms with Gasteiger partial charge in [-0.3, -0.25) is 0 Å². The molecule has 0 amide bonds. The van der Waals surface area contributed by atoms with E-state index in [2.05, 4.69) is 42.8 Å². The largest absolute Gasteiger partial charge is 0.324 e. The molecule has 3 N–H and O–H groups in total. The summed E-state index contributed by atoms with van der Waals surface area (Å²) in [7, 11) is 0. The highest BCUT2D eigenvalue weighted by Crippen LogP contribution is 2.37. The molecule has 0 saturated carbocycles. The fraction of sp³-hybridized carbons (Fsp3) is 0.571. The van der Waals surface area contributed by atoms with Crippen LogP contribution in [0.1, 0.15) is 43.0 Å². The van der Waals surface area contributed by atoms with Crippen LogP contribution in [0.4, 0.5) is 0 Å². The summed E-state index contributed by atoms with van der Waals surface area (Å²) < 4.78 is 0. The van der Waals surface area contributed by atoms with E-state index in [9.17, 15) is 0 Å². The van der Waals surface area contributed by atoms with Gasteiger partial charge in [-0.05, 0) is 42.9 Å². The lowest BCUT2D eigenvalue weighted by molar-refractivity contribution is 0.431. The molecule has 17 heavy (non-hydrogen) atoms. The normalized spacial score (nSPS) is 24.6. The fourth-order valence-electron chi connectivity index (χ4n) is 2.55. The first-order valence-corrected chi connectivity index (χ1v) is 7.71. The Morgan fingerprint density at radius 3 is 2.82 bits per heavy atom. The first-order valence-electron chi connectivity index (χ1n) is 6.31. The molecular weight excluding hydrogens is 228 g/mol. The highest BCUT2D eigenvalue weighted by Gasteiger charge is 2.28. The minimum absolute atomic E-state index is 0.205. The minimum atomic E-state index is 0.205. The Hall–Kier alpha value is -0.510. The highest BCUT2D eigenvalue weighted by atomic mass is 32.2. The molecule has 1 aliphatic carbocycles. The Balaban J connectivity index is 2.00. The van der Waals surface area contributed by atoms with E-state index in [0.717, 1.165) is 6.42 Å². The molecule has 1 aliphatic rings. The fourth-order valence-corrected chi connectivity index (χ4v) is 3.14. The summed E-state index contributed by atoms with van der Waals surface area (Å²) in [6.07, 6.45) is 4.41. The van der Waals surface area contributed by atoms with E-state index < -0.39 is 0 Å². The molecule has 0 aromatic heterocycles. The lowest BCUT2D eigenvalue weighted by Gasteiger charge is -2.20. The second-order valence-electron chi connectivity index (χ2n) is 4.87. The summed E-state index contributed by atoms with van der Waals surface area (Å²) in [5.41, 5.74) is 8.89. The van der Waals surface area contributed by atoms with Crippen molar-refractivity contribution in [2.45, 2.75) is 37.9 Å². The van der Waals surface area contributed by atoms with Gasteiger partial charge in [0.2, 0.25) is 0 Å². The smallest absolute Gasteiger partial charge is 0.0343 e. The molecule has 0 spiro atoms. The molecule has 0 fully saturated rings. The molecule has 0 saturated heterocycles. The molecule has 2 rings (SSSR count). The maximum absolute atomic E-state index is 6.17. The van der Waals surface area contributed by atoms with Crippen LogP contribution in [0, 0.1) is 0 Å². The Morgan fingerprint density at radius 1 is 1.41 bits per heavy atom. The summed E-state index contributed by atoms with van der Waals surface area (Å²) in [4.78, 5) is 0. The van der Waals surface area contributed by atoms with Crippen LogP contribution in [0.15, 0.2) is 24.3 Å². The molecular formula is C14H22N2S. The lowest BCUT2D eigenvalue weighted by atomic mass is 10.1. The topological polar surface area (TPSA) is 38.0 Å². The molecule has 0 radical (unpaired) electrons. The van der Waals surface area contributed by atoms with E-state index in [-0.39, 0.29) is 6.04 Å². The van der Waals surface area contributed by atoms with Gasteiger partial charge in [-0.25, -0.2) is 0 Å². The second kappa shape index (κ2) is 5.89. The summed E-state index contributed by atoms with van der Waals surface area (Å²) >= 11 is 1.91. The van der Waals surface area contributed by atoms with Gasteiger partial charge in [0.15, 0.2) is 0 Å². The zero-order chi connectivity index (χ0) is 12.3. The number of fused-ring (bicyclic) bond motifs is 1. The molecule has 1 aromatic rings. The monoisotopic (exact) mass is 250 g/mol. The molecule has 94 valence electrons. The van der Waals surface area contributed by atoms with Crippen molar-refractivity contribution in [3.63, 3.8) is 0 Å². The van der Waals surface area contributed by atoms with Gasteiger partial charge in [-0.15, -0.1) is 0 Å². The van der Waals surface area contributed by atoms with Crippen molar-refractivity contribution in [2.75, 3.05) is 12.0 Å². The Kier molecular flexibility index (Phi) is 4.48. The summed E-state index contributed by atoms with van der Waals surface area (Å²) in [6, 6.07) is 9.77. The summed E-state index contributed by atoms with van der Waals surface area (Å²) in [6.45, 7) is 2.27. The van der Waals surface area contributed by atoms with Gasteiger partial charge in [0.25, 0.3) is 0 Å². The Bertz CT molecular complexity index is 367. The van der Waals surface area contributed by atoms with Gasteiger partial charge in [0, 0.05) is 18.1 Å². The molecule has 2 nitrogen and oxygen atoms in total. The number of nitrogens with two attached hydrogens (primary N) is 1. The van der Waals surface area contributed by atoms with Crippen molar-refractivity contribution in [2.24, 2.45) is 5.73 Å². The minimum Gasteiger partial charge on any atom is -0.324 e. The Labute approximate surface area is 108 Å². The maximum Gasteiger partial charge on any atom is 0.0343 e. The number of nitrogens with one attached hydrogen (secondary N) is 1. The van der Waals surface area contributed by atoms with E-state index in [1.807, 2.05) is 11.8 Å².